The Bertz CT molecular complexity index is 1570. The number of esters is 3. The van der Waals surface area contributed by atoms with Crippen LogP contribution in [-0.4, -0.2) is 37.2 Å². The Hall–Kier alpha value is -3.41. The van der Waals surface area contributed by atoms with Crippen molar-refractivity contribution in [3.63, 3.8) is 0 Å². The van der Waals surface area contributed by atoms with Crippen molar-refractivity contribution in [2.45, 2.75) is 374 Å². The average molecular weight is 1160 g/mol. The molecule has 0 radical (unpaired) electrons. The molecular formula is C77H136O6. The number of allylic oxidation sites excluding steroid dienone is 14. The summed E-state index contributed by atoms with van der Waals surface area (Å²) in [5.74, 6) is -0.863. The molecule has 0 rings (SSSR count). The number of hydrogen-bond acceptors (Lipinski definition) is 6. The fraction of sp³-hybridized carbons (Fsp3) is 0.779. The first-order chi connectivity index (χ1) is 41.0. The molecule has 0 fully saturated rings. The third-order valence-electron chi connectivity index (χ3n) is 15.9. The molecule has 1 atom stereocenters. The molecule has 0 aliphatic rings. The Labute approximate surface area is 515 Å². The van der Waals surface area contributed by atoms with Gasteiger partial charge in [0.05, 0.1) is 0 Å². The van der Waals surface area contributed by atoms with E-state index in [1.165, 1.54) is 225 Å². The van der Waals surface area contributed by atoms with Gasteiger partial charge in [-0.3, -0.25) is 14.4 Å². The van der Waals surface area contributed by atoms with E-state index in [1.807, 2.05) is 0 Å². The Morgan fingerprint density at radius 1 is 0.253 bits per heavy atom. The van der Waals surface area contributed by atoms with Crippen LogP contribution in [0.25, 0.3) is 0 Å². The zero-order valence-corrected chi connectivity index (χ0v) is 55.2. The predicted octanol–water partition coefficient (Wildman–Crippen LogP) is 25.0. The molecule has 0 aromatic heterocycles. The highest BCUT2D eigenvalue weighted by molar-refractivity contribution is 5.71. The lowest BCUT2D eigenvalue weighted by Gasteiger charge is -2.18. The zero-order chi connectivity index (χ0) is 59.9. The van der Waals surface area contributed by atoms with E-state index in [-0.39, 0.29) is 31.1 Å². The van der Waals surface area contributed by atoms with Crippen molar-refractivity contribution < 1.29 is 28.6 Å². The number of hydrogen-bond donors (Lipinski definition) is 0. The summed E-state index contributed by atoms with van der Waals surface area (Å²) in [4.78, 5) is 38.5. The van der Waals surface area contributed by atoms with Gasteiger partial charge in [-0.2, -0.15) is 0 Å². The number of ether oxygens (including phenoxy) is 3. The van der Waals surface area contributed by atoms with Gasteiger partial charge < -0.3 is 14.2 Å². The number of unbranched alkanes of at least 4 members (excludes halogenated alkanes) is 41. The van der Waals surface area contributed by atoms with Gasteiger partial charge in [0.15, 0.2) is 6.10 Å². The van der Waals surface area contributed by atoms with Crippen LogP contribution < -0.4 is 0 Å². The van der Waals surface area contributed by atoms with Crippen molar-refractivity contribution in [2.75, 3.05) is 13.2 Å². The van der Waals surface area contributed by atoms with E-state index in [0.717, 1.165) is 103 Å². The van der Waals surface area contributed by atoms with E-state index in [4.69, 9.17) is 14.2 Å². The van der Waals surface area contributed by atoms with E-state index in [2.05, 4.69) is 106 Å². The number of carbonyl (C=O) groups is 3. The van der Waals surface area contributed by atoms with Gasteiger partial charge in [0.1, 0.15) is 13.2 Å². The van der Waals surface area contributed by atoms with Gasteiger partial charge in [-0.05, 0) is 96.3 Å². The van der Waals surface area contributed by atoms with Crippen molar-refractivity contribution >= 4 is 17.9 Å². The Morgan fingerprint density at radius 2 is 0.470 bits per heavy atom. The molecular weight excluding hydrogens is 1020 g/mol. The number of carbonyl (C=O) groups excluding carboxylic acids is 3. The Balaban J connectivity index is 4.25. The minimum atomic E-state index is -0.779. The molecule has 0 saturated carbocycles. The molecule has 0 N–H and O–H groups in total. The molecule has 480 valence electrons. The molecule has 0 heterocycles. The van der Waals surface area contributed by atoms with Gasteiger partial charge >= 0.3 is 17.9 Å². The van der Waals surface area contributed by atoms with Crippen LogP contribution >= 0.6 is 0 Å². The maximum absolute atomic E-state index is 13.0. The second kappa shape index (κ2) is 71.1. The highest BCUT2D eigenvalue weighted by Gasteiger charge is 2.19. The minimum Gasteiger partial charge on any atom is -0.462 e. The highest BCUT2D eigenvalue weighted by atomic mass is 16.6. The Kier molecular flexibility index (Phi) is 68.2. The Morgan fingerprint density at radius 3 is 0.747 bits per heavy atom. The maximum Gasteiger partial charge on any atom is 0.306 e. The summed E-state index contributed by atoms with van der Waals surface area (Å²) >= 11 is 0. The van der Waals surface area contributed by atoms with Crippen LogP contribution in [0.15, 0.2) is 85.1 Å². The van der Waals surface area contributed by atoms with Crippen LogP contribution in [0, 0.1) is 0 Å². The molecule has 0 aliphatic heterocycles. The smallest absolute Gasteiger partial charge is 0.306 e. The molecule has 0 amide bonds. The molecule has 0 bridgehead atoms. The molecule has 0 saturated heterocycles. The fourth-order valence-electron chi connectivity index (χ4n) is 10.5. The van der Waals surface area contributed by atoms with Crippen molar-refractivity contribution in [2.24, 2.45) is 0 Å². The predicted molar refractivity (Wildman–Crippen MR) is 362 cm³/mol. The summed E-state index contributed by atoms with van der Waals surface area (Å²) in [6.07, 6.45) is 94.7. The summed E-state index contributed by atoms with van der Waals surface area (Å²) in [6.45, 7) is 6.57. The van der Waals surface area contributed by atoms with E-state index in [0.29, 0.717) is 19.3 Å². The summed E-state index contributed by atoms with van der Waals surface area (Å²) < 4.78 is 17.0. The SMILES string of the molecule is CC/C=C\C/C=C\C/C=C\C/C=C\C/C=C\C/C=C\CCCCCCCCCCCCCCC(=O)OCC(COC(=O)CCCCCCC/C=C\CCCCCCC)OC(=O)CCCCCCCCCCCCCCCCCCCCCC. The normalized spacial score (nSPS) is 12.6. The van der Waals surface area contributed by atoms with Crippen molar-refractivity contribution in [1.82, 2.24) is 0 Å². The molecule has 0 aromatic rings. The second-order valence-electron chi connectivity index (χ2n) is 24.1. The summed E-state index contributed by atoms with van der Waals surface area (Å²) in [5.41, 5.74) is 0. The molecule has 0 spiro atoms. The first kappa shape index (κ1) is 79.6. The molecule has 0 aromatic carbocycles. The van der Waals surface area contributed by atoms with Gasteiger partial charge in [0.2, 0.25) is 0 Å². The lowest BCUT2D eigenvalue weighted by atomic mass is 10.0. The van der Waals surface area contributed by atoms with E-state index in [9.17, 15) is 14.4 Å². The van der Waals surface area contributed by atoms with Crippen molar-refractivity contribution in [3.8, 4) is 0 Å². The topological polar surface area (TPSA) is 78.9 Å². The van der Waals surface area contributed by atoms with Crippen LogP contribution in [-0.2, 0) is 28.6 Å². The van der Waals surface area contributed by atoms with Crippen LogP contribution in [0.1, 0.15) is 367 Å². The van der Waals surface area contributed by atoms with Gasteiger partial charge in [-0.15, -0.1) is 0 Å². The fourth-order valence-corrected chi connectivity index (χ4v) is 10.5. The van der Waals surface area contributed by atoms with Crippen LogP contribution in [0.5, 0.6) is 0 Å². The summed E-state index contributed by atoms with van der Waals surface area (Å²) in [7, 11) is 0. The molecule has 1 unspecified atom stereocenters. The third-order valence-corrected chi connectivity index (χ3v) is 15.9. The standard InChI is InChI=1S/C77H136O6/c1-4-7-10-13-16-19-22-25-28-30-32-34-35-36-37-38-39-40-41-42-43-44-46-47-49-52-55-58-61-64-67-70-76(79)82-73-74(72-81-75(78)69-66-63-60-57-54-51-27-24-21-18-15-12-9-6-3)83-77(80)71-68-65-62-59-56-53-50-48-45-33-31-29-26-23-20-17-14-11-8-5-2/h7,10,16,19,24-25,27-28,32,34,36-37,39-40,74H,4-6,8-9,11-15,17-18,20-23,26,29-31,33,35,38,41-73H2,1-3H3/b10-7-,19-16-,27-24-,28-25-,34-32-,37-36-,40-39-. The van der Waals surface area contributed by atoms with Gasteiger partial charge in [0.25, 0.3) is 0 Å². The van der Waals surface area contributed by atoms with E-state index >= 15 is 0 Å². The quantitative estimate of drug-likeness (QED) is 0.0261. The minimum absolute atomic E-state index is 0.0755. The molecule has 6 heteroatoms. The van der Waals surface area contributed by atoms with Gasteiger partial charge in [-0.25, -0.2) is 0 Å². The lowest BCUT2D eigenvalue weighted by Crippen LogP contribution is -2.30. The van der Waals surface area contributed by atoms with Crippen LogP contribution in [0.2, 0.25) is 0 Å². The molecule has 0 aliphatic carbocycles. The number of rotatable bonds is 66. The first-order valence-electron chi connectivity index (χ1n) is 36.1. The van der Waals surface area contributed by atoms with Gasteiger partial charge in [-0.1, -0.05) is 337 Å². The van der Waals surface area contributed by atoms with Crippen LogP contribution in [0.3, 0.4) is 0 Å². The average Bonchev–Trinajstić information content (AvgIpc) is 3.49. The zero-order valence-electron chi connectivity index (χ0n) is 55.2. The second-order valence-corrected chi connectivity index (χ2v) is 24.1. The monoisotopic (exact) mass is 1160 g/mol. The van der Waals surface area contributed by atoms with E-state index in [1.54, 1.807) is 0 Å². The summed E-state index contributed by atoms with van der Waals surface area (Å²) in [6, 6.07) is 0. The highest BCUT2D eigenvalue weighted by Crippen LogP contribution is 2.18. The van der Waals surface area contributed by atoms with Gasteiger partial charge in [0, 0.05) is 19.3 Å². The molecule has 6 nitrogen and oxygen atoms in total. The largest absolute Gasteiger partial charge is 0.462 e. The molecule has 83 heavy (non-hydrogen) atoms. The third kappa shape index (κ3) is 69.3. The first-order valence-corrected chi connectivity index (χ1v) is 36.1. The lowest BCUT2D eigenvalue weighted by molar-refractivity contribution is -0.167. The van der Waals surface area contributed by atoms with Crippen LogP contribution in [0.4, 0.5) is 0 Å². The van der Waals surface area contributed by atoms with E-state index < -0.39 is 6.10 Å². The van der Waals surface area contributed by atoms with Crippen molar-refractivity contribution in [3.05, 3.63) is 85.1 Å². The summed E-state index contributed by atoms with van der Waals surface area (Å²) in [5, 5.41) is 0. The maximum atomic E-state index is 13.0. The van der Waals surface area contributed by atoms with Crippen molar-refractivity contribution in [1.29, 1.82) is 0 Å².